The maximum Gasteiger partial charge on any atom is 0.370 e. The largest absolute Gasteiger partial charge is 0.370 e. The van der Waals surface area contributed by atoms with Gasteiger partial charge in [0.25, 0.3) is 7.98 Å². The third kappa shape index (κ3) is 2.40. The maximum atomic E-state index is 4.29. The highest BCUT2D eigenvalue weighted by Gasteiger charge is 2.18. The van der Waals surface area contributed by atoms with Crippen LogP contribution in [-0.2, 0) is 0 Å². The molecule has 0 atom stereocenters. The monoisotopic (exact) mass is 206 g/mol. The molecule has 0 aliphatic heterocycles. The lowest BCUT2D eigenvalue weighted by atomic mass is 9.52. The Balaban J connectivity index is 2.39. The first-order valence-electron chi connectivity index (χ1n) is 5.30. The van der Waals surface area contributed by atoms with E-state index in [1.54, 1.807) is 7.98 Å². The van der Waals surface area contributed by atoms with Crippen molar-refractivity contribution in [3.05, 3.63) is 60.7 Å². The van der Waals surface area contributed by atoms with Crippen molar-refractivity contribution >= 4 is 25.8 Å². The van der Waals surface area contributed by atoms with E-state index in [0.29, 0.717) is 0 Å². The Morgan fingerprint density at radius 1 is 0.750 bits per heavy atom. The first-order chi connectivity index (χ1) is 7.92. The van der Waals surface area contributed by atoms with Gasteiger partial charge < -0.3 is 0 Å². The quantitative estimate of drug-likeness (QED) is 0.523. The molecule has 0 N–H and O–H groups in total. The van der Waals surface area contributed by atoms with Crippen LogP contribution in [0.2, 0.25) is 0 Å². The van der Waals surface area contributed by atoms with Crippen molar-refractivity contribution in [2.45, 2.75) is 0 Å². The van der Waals surface area contributed by atoms with Crippen molar-refractivity contribution < 1.29 is 0 Å². The lowest BCUT2D eigenvalue weighted by Crippen LogP contribution is -2.40. The van der Waals surface area contributed by atoms with Crippen LogP contribution < -0.4 is 10.9 Å². The van der Waals surface area contributed by atoms with Gasteiger partial charge in [0.15, 0.2) is 0 Å². The zero-order chi connectivity index (χ0) is 11.2. The van der Waals surface area contributed by atoms with Crippen LogP contribution in [0.5, 0.6) is 0 Å². The van der Waals surface area contributed by atoms with Crippen molar-refractivity contribution in [3.8, 4) is 0 Å². The zero-order valence-electron chi connectivity index (χ0n) is 9.25. The minimum atomic E-state index is 0.00685. The minimum Gasteiger partial charge on any atom is -0.282 e. The maximum absolute atomic E-state index is 4.29. The van der Waals surface area contributed by atoms with Crippen LogP contribution in [0.15, 0.2) is 70.7 Å². The van der Waals surface area contributed by atoms with Gasteiger partial charge in [-0.05, 0) is 10.9 Å². The van der Waals surface area contributed by atoms with E-state index in [1.807, 2.05) is 36.4 Å². The number of hydrogen-bond donors (Lipinski definition) is 0. The van der Waals surface area contributed by atoms with Crippen molar-refractivity contribution in [3.63, 3.8) is 0 Å². The average Bonchev–Trinajstić information content (AvgIpc) is 2.38. The van der Waals surface area contributed by atoms with Gasteiger partial charge >= 0.3 is 6.85 Å². The van der Waals surface area contributed by atoms with Gasteiger partial charge in [-0.2, -0.15) is 0 Å². The molecule has 0 heterocycles. The van der Waals surface area contributed by atoms with E-state index in [9.17, 15) is 0 Å². The molecule has 0 unspecified atom stereocenters. The Labute approximate surface area is 97.0 Å². The molecule has 0 fully saturated rings. The van der Waals surface area contributed by atoms with Crippen LogP contribution in [-0.4, -0.2) is 14.8 Å². The second-order valence-corrected chi connectivity index (χ2v) is 3.54. The highest BCUT2D eigenvalue weighted by atomic mass is 15.0. The Hall–Kier alpha value is -1.83. The molecule has 76 valence electrons. The average molecular weight is 206 g/mol. The summed E-state index contributed by atoms with van der Waals surface area (Å²) in [6.07, 6.45) is 0. The summed E-state index contributed by atoms with van der Waals surface area (Å²) in [5.74, 6) is 0. The second-order valence-electron chi connectivity index (χ2n) is 3.54. The fourth-order valence-corrected chi connectivity index (χ4v) is 1.71. The van der Waals surface area contributed by atoms with Crippen molar-refractivity contribution in [1.29, 1.82) is 0 Å². The van der Waals surface area contributed by atoms with Crippen molar-refractivity contribution in [2.24, 2.45) is 10.1 Å². The van der Waals surface area contributed by atoms with E-state index in [0.717, 1.165) is 0 Å². The van der Waals surface area contributed by atoms with Crippen molar-refractivity contribution in [1.82, 2.24) is 0 Å². The molecule has 0 aliphatic carbocycles. The molecule has 0 saturated carbocycles. The molecule has 2 aromatic carbocycles. The summed E-state index contributed by atoms with van der Waals surface area (Å²) in [5.41, 5.74) is 2.33. The Bertz CT molecular complexity index is 417. The molecule has 4 heteroatoms. The SMILES string of the molecule is BN=NB(c1ccccc1)c1ccccc1. The van der Waals surface area contributed by atoms with Crippen LogP contribution in [0.25, 0.3) is 0 Å². The van der Waals surface area contributed by atoms with Crippen LogP contribution in [0.3, 0.4) is 0 Å². The lowest BCUT2D eigenvalue weighted by molar-refractivity contribution is 1.44. The smallest absolute Gasteiger partial charge is 0.282 e. The van der Waals surface area contributed by atoms with Crippen LogP contribution in [0, 0.1) is 0 Å². The van der Waals surface area contributed by atoms with Gasteiger partial charge in [-0.3, -0.25) is 10.1 Å². The Kier molecular flexibility index (Phi) is 3.54. The Morgan fingerprint density at radius 3 is 1.56 bits per heavy atom. The third-order valence-electron chi connectivity index (χ3n) is 2.46. The minimum absolute atomic E-state index is 0.00685. The van der Waals surface area contributed by atoms with Gasteiger partial charge in [0.2, 0.25) is 0 Å². The molecule has 0 bridgehead atoms. The summed E-state index contributed by atoms with van der Waals surface area (Å²) in [6, 6.07) is 20.4. The first kappa shape index (κ1) is 10.7. The summed E-state index contributed by atoms with van der Waals surface area (Å²) in [7, 11) is 1.71. The second kappa shape index (κ2) is 5.31. The third-order valence-corrected chi connectivity index (χ3v) is 2.46. The Morgan fingerprint density at radius 2 is 1.19 bits per heavy atom. The summed E-state index contributed by atoms with van der Waals surface area (Å²) in [6.45, 7) is 0.00685. The standard InChI is InChI=1S/C12H12B2N2/c13-15-16-14(11-7-3-1-4-8-11)12-9-5-2-6-10-12/h1-10H,13H2. The molecular weight excluding hydrogens is 194 g/mol. The fourth-order valence-electron chi connectivity index (χ4n) is 1.71. The van der Waals surface area contributed by atoms with Crippen LogP contribution in [0.1, 0.15) is 0 Å². The summed E-state index contributed by atoms with van der Waals surface area (Å²) >= 11 is 0. The lowest BCUT2D eigenvalue weighted by Gasteiger charge is -2.07. The molecule has 0 radical (unpaired) electrons. The fraction of sp³-hybridized carbons (Fsp3) is 0. The van der Waals surface area contributed by atoms with E-state index in [-0.39, 0.29) is 6.85 Å². The molecule has 0 amide bonds. The molecule has 0 aromatic heterocycles. The predicted molar refractivity (Wildman–Crippen MR) is 71.3 cm³/mol. The topological polar surface area (TPSA) is 24.7 Å². The summed E-state index contributed by atoms with van der Waals surface area (Å²) in [5, 5.41) is 8.20. The van der Waals surface area contributed by atoms with Gasteiger partial charge in [-0.15, -0.1) is 0 Å². The van der Waals surface area contributed by atoms with E-state index >= 15 is 0 Å². The van der Waals surface area contributed by atoms with E-state index < -0.39 is 0 Å². The molecule has 0 saturated heterocycles. The van der Waals surface area contributed by atoms with Crippen LogP contribution in [0.4, 0.5) is 0 Å². The van der Waals surface area contributed by atoms with Crippen molar-refractivity contribution in [2.75, 3.05) is 0 Å². The summed E-state index contributed by atoms with van der Waals surface area (Å²) in [4.78, 5) is 0. The first-order valence-corrected chi connectivity index (χ1v) is 5.30. The normalized spacial score (nSPS) is 10.5. The summed E-state index contributed by atoms with van der Waals surface area (Å²) < 4.78 is 0. The highest BCUT2D eigenvalue weighted by molar-refractivity contribution is 6.83. The van der Waals surface area contributed by atoms with E-state index in [2.05, 4.69) is 34.3 Å². The van der Waals surface area contributed by atoms with E-state index in [1.165, 1.54) is 10.9 Å². The predicted octanol–water partition coefficient (Wildman–Crippen LogP) is 0.793. The molecule has 0 spiro atoms. The van der Waals surface area contributed by atoms with Gasteiger partial charge in [0.05, 0.1) is 0 Å². The molecule has 2 aromatic rings. The van der Waals surface area contributed by atoms with Gasteiger partial charge in [0, 0.05) is 0 Å². The van der Waals surface area contributed by atoms with Gasteiger partial charge in [0.1, 0.15) is 0 Å². The molecule has 2 rings (SSSR count). The highest BCUT2D eigenvalue weighted by Crippen LogP contribution is 1.94. The molecule has 16 heavy (non-hydrogen) atoms. The number of rotatable bonds is 3. The molecule has 2 nitrogen and oxygen atoms in total. The van der Waals surface area contributed by atoms with Crippen LogP contribution >= 0.6 is 0 Å². The number of nitrogens with zero attached hydrogens (tertiary/aromatic N) is 2. The van der Waals surface area contributed by atoms with E-state index in [4.69, 9.17) is 0 Å². The molecular formula is C12H12B2N2. The number of benzene rings is 2. The van der Waals surface area contributed by atoms with Gasteiger partial charge in [-0.1, -0.05) is 60.7 Å². The van der Waals surface area contributed by atoms with Gasteiger partial charge in [-0.25, -0.2) is 0 Å². The number of hydrogen-bond acceptors (Lipinski definition) is 2. The zero-order valence-corrected chi connectivity index (χ0v) is 9.25. The molecule has 0 aliphatic rings.